The molecule has 0 saturated heterocycles. The Labute approximate surface area is 116 Å². The minimum absolute atomic E-state index is 0.0509. The lowest BCUT2D eigenvalue weighted by atomic mass is 10.1. The van der Waals surface area contributed by atoms with E-state index in [-0.39, 0.29) is 11.9 Å². The van der Waals surface area contributed by atoms with E-state index in [2.05, 4.69) is 28.2 Å². The molecule has 0 heterocycles. The first kappa shape index (κ1) is 14.5. The van der Waals surface area contributed by atoms with E-state index in [9.17, 15) is 4.79 Å². The molecule has 2 unspecified atom stereocenters. The summed E-state index contributed by atoms with van der Waals surface area (Å²) in [5.74, 6) is 0.345. The number of benzene rings is 1. The van der Waals surface area contributed by atoms with E-state index >= 15 is 0 Å². The fraction of sp³-hybridized carbons (Fsp3) is 0.462. The van der Waals surface area contributed by atoms with Gasteiger partial charge in [-0.05, 0) is 43.5 Å². The third-order valence-electron chi connectivity index (χ3n) is 2.88. The lowest BCUT2D eigenvalue weighted by molar-refractivity contribution is 0.0931. The van der Waals surface area contributed by atoms with Crippen molar-refractivity contribution in [2.45, 2.75) is 26.8 Å². The summed E-state index contributed by atoms with van der Waals surface area (Å²) in [5, 5.41) is 4.53. The highest BCUT2D eigenvalue weighted by atomic mass is 79.9. The Hall–Kier alpha value is -0.540. The van der Waals surface area contributed by atoms with Crippen LogP contribution in [0.15, 0.2) is 18.2 Å². The molecule has 1 rings (SSSR count). The molecule has 0 aliphatic rings. The van der Waals surface area contributed by atoms with Gasteiger partial charge >= 0.3 is 0 Å². The number of rotatable bonds is 4. The summed E-state index contributed by atoms with van der Waals surface area (Å²) in [5.41, 5.74) is 1.57. The maximum atomic E-state index is 12.0. The Morgan fingerprint density at radius 2 is 2.12 bits per heavy atom. The van der Waals surface area contributed by atoms with E-state index in [1.165, 1.54) is 0 Å². The van der Waals surface area contributed by atoms with E-state index in [0.717, 1.165) is 10.9 Å². The monoisotopic (exact) mass is 317 g/mol. The molecule has 0 radical (unpaired) electrons. The second kappa shape index (κ2) is 6.41. The first-order valence-electron chi connectivity index (χ1n) is 5.58. The maximum Gasteiger partial charge on any atom is 0.251 e. The quantitative estimate of drug-likeness (QED) is 0.841. The van der Waals surface area contributed by atoms with Crippen molar-refractivity contribution in [3.05, 3.63) is 34.3 Å². The van der Waals surface area contributed by atoms with Crippen LogP contribution in [0.4, 0.5) is 0 Å². The Balaban J connectivity index is 2.73. The van der Waals surface area contributed by atoms with Crippen molar-refractivity contribution >= 4 is 33.4 Å². The number of aryl methyl sites for hydroxylation is 1. The second-order valence-corrected chi connectivity index (χ2v) is 5.41. The van der Waals surface area contributed by atoms with E-state index in [1.54, 1.807) is 12.1 Å². The predicted octanol–water partition coefficient (Wildman–Crippen LogP) is 3.80. The van der Waals surface area contributed by atoms with Crippen LogP contribution < -0.4 is 5.32 Å². The Morgan fingerprint density at radius 1 is 1.47 bits per heavy atom. The summed E-state index contributed by atoms with van der Waals surface area (Å²) < 4.78 is 0. The van der Waals surface area contributed by atoms with Crippen molar-refractivity contribution < 1.29 is 4.79 Å². The standard InChI is InChI=1S/C13H17BrClNO/c1-8-6-11(4-5-12(8)15)13(17)16-10(3)9(2)7-14/h4-6,9-10H,7H2,1-3H3,(H,16,17). The number of carbonyl (C=O) groups excluding carboxylic acids is 1. The smallest absolute Gasteiger partial charge is 0.251 e. The van der Waals surface area contributed by atoms with Crippen LogP contribution in [0, 0.1) is 12.8 Å². The summed E-state index contributed by atoms with van der Waals surface area (Å²) >= 11 is 9.34. The minimum Gasteiger partial charge on any atom is -0.349 e. The number of hydrogen-bond donors (Lipinski definition) is 1. The van der Waals surface area contributed by atoms with Gasteiger partial charge in [0.1, 0.15) is 0 Å². The van der Waals surface area contributed by atoms with Crippen molar-refractivity contribution in [1.29, 1.82) is 0 Å². The molecular weight excluding hydrogens is 302 g/mol. The van der Waals surface area contributed by atoms with E-state index in [0.29, 0.717) is 16.5 Å². The van der Waals surface area contributed by atoms with E-state index < -0.39 is 0 Å². The number of hydrogen-bond acceptors (Lipinski definition) is 1. The minimum atomic E-state index is -0.0509. The van der Waals surface area contributed by atoms with Gasteiger partial charge in [0.25, 0.3) is 5.91 Å². The molecule has 0 bridgehead atoms. The Bertz CT molecular complexity index is 408. The average molecular weight is 319 g/mol. The van der Waals surface area contributed by atoms with Crippen LogP contribution in [-0.4, -0.2) is 17.3 Å². The molecule has 1 aromatic carbocycles. The van der Waals surface area contributed by atoms with Crippen LogP contribution in [0.5, 0.6) is 0 Å². The third-order valence-corrected chi connectivity index (χ3v) is 4.32. The van der Waals surface area contributed by atoms with Crippen molar-refractivity contribution in [2.24, 2.45) is 5.92 Å². The summed E-state index contributed by atoms with van der Waals surface area (Å²) in [6.07, 6.45) is 0. The van der Waals surface area contributed by atoms with Crippen LogP contribution in [0.25, 0.3) is 0 Å². The average Bonchev–Trinajstić information content (AvgIpc) is 2.31. The molecule has 94 valence electrons. The lowest BCUT2D eigenvalue weighted by Gasteiger charge is -2.19. The molecule has 0 spiro atoms. The molecule has 0 aliphatic carbocycles. The zero-order chi connectivity index (χ0) is 13.0. The van der Waals surface area contributed by atoms with Crippen LogP contribution in [0.3, 0.4) is 0 Å². The van der Waals surface area contributed by atoms with Gasteiger partial charge in [0.05, 0.1) is 0 Å². The molecule has 2 atom stereocenters. The molecule has 1 N–H and O–H groups in total. The number of nitrogens with one attached hydrogen (secondary N) is 1. The van der Waals surface area contributed by atoms with Crippen LogP contribution in [0.1, 0.15) is 29.8 Å². The van der Waals surface area contributed by atoms with Crippen molar-refractivity contribution in [2.75, 3.05) is 5.33 Å². The number of halogens is 2. The van der Waals surface area contributed by atoms with Gasteiger partial charge in [-0.3, -0.25) is 4.79 Å². The molecule has 4 heteroatoms. The van der Waals surface area contributed by atoms with Gasteiger partial charge in [0.15, 0.2) is 0 Å². The zero-order valence-electron chi connectivity index (χ0n) is 10.3. The lowest BCUT2D eigenvalue weighted by Crippen LogP contribution is -2.37. The highest BCUT2D eigenvalue weighted by Crippen LogP contribution is 2.16. The third kappa shape index (κ3) is 4.00. The number of carbonyl (C=O) groups is 1. The van der Waals surface area contributed by atoms with Gasteiger partial charge in [-0.2, -0.15) is 0 Å². The molecule has 1 aromatic rings. The molecule has 0 saturated carbocycles. The van der Waals surface area contributed by atoms with Crippen molar-refractivity contribution in [3.8, 4) is 0 Å². The summed E-state index contributed by atoms with van der Waals surface area (Å²) in [6, 6.07) is 5.45. The second-order valence-electron chi connectivity index (χ2n) is 4.36. The first-order chi connectivity index (χ1) is 7.95. The van der Waals surface area contributed by atoms with Crippen LogP contribution in [-0.2, 0) is 0 Å². The van der Waals surface area contributed by atoms with Gasteiger partial charge in [0, 0.05) is 22.0 Å². The largest absolute Gasteiger partial charge is 0.349 e. The maximum absolute atomic E-state index is 12.0. The predicted molar refractivity (Wildman–Crippen MR) is 76.1 cm³/mol. The first-order valence-corrected chi connectivity index (χ1v) is 7.08. The number of alkyl halides is 1. The molecule has 1 amide bonds. The topological polar surface area (TPSA) is 29.1 Å². The summed E-state index contributed by atoms with van der Waals surface area (Å²) in [6.45, 7) is 5.99. The number of amides is 1. The van der Waals surface area contributed by atoms with Crippen molar-refractivity contribution in [3.63, 3.8) is 0 Å². The Morgan fingerprint density at radius 3 is 2.65 bits per heavy atom. The molecule has 0 fully saturated rings. The zero-order valence-corrected chi connectivity index (χ0v) is 12.6. The van der Waals surface area contributed by atoms with E-state index in [1.807, 2.05) is 19.9 Å². The summed E-state index contributed by atoms with van der Waals surface area (Å²) in [7, 11) is 0. The van der Waals surface area contributed by atoms with Crippen LogP contribution in [0.2, 0.25) is 5.02 Å². The SMILES string of the molecule is Cc1cc(C(=O)NC(C)C(C)CBr)ccc1Cl. The Kier molecular flexibility index (Phi) is 5.47. The van der Waals surface area contributed by atoms with Gasteiger partial charge in [-0.15, -0.1) is 0 Å². The van der Waals surface area contributed by atoms with Gasteiger partial charge < -0.3 is 5.32 Å². The molecule has 0 aromatic heterocycles. The molecular formula is C13H17BrClNO. The molecule has 2 nitrogen and oxygen atoms in total. The normalized spacial score (nSPS) is 14.2. The molecule has 0 aliphatic heterocycles. The van der Waals surface area contributed by atoms with E-state index in [4.69, 9.17) is 11.6 Å². The highest BCUT2D eigenvalue weighted by Gasteiger charge is 2.15. The highest BCUT2D eigenvalue weighted by molar-refractivity contribution is 9.09. The fourth-order valence-electron chi connectivity index (χ4n) is 1.35. The fourth-order valence-corrected chi connectivity index (χ4v) is 2.03. The van der Waals surface area contributed by atoms with Crippen LogP contribution >= 0.6 is 27.5 Å². The van der Waals surface area contributed by atoms with Gasteiger partial charge in [0.2, 0.25) is 0 Å². The van der Waals surface area contributed by atoms with Gasteiger partial charge in [-0.25, -0.2) is 0 Å². The van der Waals surface area contributed by atoms with Gasteiger partial charge in [-0.1, -0.05) is 34.5 Å². The molecule has 17 heavy (non-hydrogen) atoms. The van der Waals surface area contributed by atoms with Crippen molar-refractivity contribution in [1.82, 2.24) is 5.32 Å². The summed E-state index contributed by atoms with van der Waals surface area (Å²) in [4.78, 5) is 12.0.